The third-order valence-corrected chi connectivity index (χ3v) is 3.11. The number of nitrogens with zero attached hydrogens (tertiary/aromatic N) is 1. The SMILES string of the molecule is CC1=NNC(=O)C(c2ccccc2)S1. The molecule has 0 radical (unpaired) electrons. The Morgan fingerprint density at radius 2 is 2.07 bits per heavy atom. The zero-order valence-electron chi connectivity index (χ0n) is 7.73. The average Bonchev–Trinajstić information content (AvgIpc) is 2.23. The van der Waals surface area contributed by atoms with Crippen LogP contribution in [0.1, 0.15) is 17.7 Å². The third-order valence-electron chi connectivity index (χ3n) is 1.95. The Morgan fingerprint density at radius 1 is 1.36 bits per heavy atom. The van der Waals surface area contributed by atoms with Crippen LogP contribution in [0.25, 0.3) is 0 Å². The zero-order chi connectivity index (χ0) is 9.97. The van der Waals surface area contributed by atoms with E-state index in [1.165, 1.54) is 11.8 Å². The third kappa shape index (κ3) is 1.80. The highest BCUT2D eigenvalue weighted by Crippen LogP contribution is 2.31. The van der Waals surface area contributed by atoms with E-state index in [1.54, 1.807) is 0 Å². The maximum Gasteiger partial charge on any atom is 0.258 e. The molecule has 1 aliphatic rings. The molecule has 3 nitrogen and oxygen atoms in total. The molecule has 1 N–H and O–H groups in total. The molecule has 0 spiro atoms. The number of carbonyl (C=O) groups is 1. The molecular formula is C10H10N2OS. The standard InChI is InChI=1S/C10H10N2OS/c1-7-11-12-10(13)9(14-7)8-5-3-2-4-6-8/h2-6,9H,1H3,(H,12,13). The van der Waals surface area contributed by atoms with Crippen LogP contribution in [0.4, 0.5) is 0 Å². The second-order valence-electron chi connectivity index (χ2n) is 3.02. The highest BCUT2D eigenvalue weighted by Gasteiger charge is 2.25. The molecule has 1 heterocycles. The number of amides is 1. The molecule has 2 rings (SSSR count). The van der Waals surface area contributed by atoms with Crippen LogP contribution in [-0.2, 0) is 4.79 Å². The topological polar surface area (TPSA) is 41.5 Å². The number of thioether (sulfide) groups is 1. The molecule has 1 atom stereocenters. The largest absolute Gasteiger partial charge is 0.271 e. The molecular weight excluding hydrogens is 196 g/mol. The normalized spacial score (nSPS) is 21.4. The van der Waals surface area contributed by atoms with Gasteiger partial charge in [-0.25, -0.2) is 5.43 Å². The quantitative estimate of drug-likeness (QED) is 0.762. The Hall–Kier alpha value is -1.29. The van der Waals surface area contributed by atoms with Crippen LogP contribution >= 0.6 is 11.8 Å². The molecule has 0 saturated carbocycles. The molecule has 0 aromatic heterocycles. The van der Waals surface area contributed by atoms with Crippen molar-refractivity contribution in [1.29, 1.82) is 0 Å². The number of nitrogens with one attached hydrogen (secondary N) is 1. The molecule has 4 heteroatoms. The van der Waals surface area contributed by atoms with Crippen LogP contribution < -0.4 is 5.43 Å². The first-order valence-corrected chi connectivity index (χ1v) is 5.21. The lowest BCUT2D eigenvalue weighted by Gasteiger charge is -2.18. The van der Waals surface area contributed by atoms with E-state index in [4.69, 9.17) is 0 Å². The molecule has 0 aliphatic carbocycles. The summed E-state index contributed by atoms with van der Waals surface area (Å²) in [4.78, 5) is 11.5. The van der Waals surface area contributed by atoms with Gasteiger partial charge in [0.2, 0.25) is 0 Å². The molecule has 1 aromatic carbocycles. The van der Waals surface area contributed by atoms with Crippen LogP contribution in [0.3, 0.4) is 0 Å². The van der Waals surface area contributed by atoms with Crippen LogP contribution in [0.15, 0.2) is 35.4 Å². The highest BCUT2D eigenvalue weighted by molar-refractivity contribution is 8.14. The lowest BCUT2D eigenvalue weighted by atomic mass is 10.1. The number of hydrazone groups is 1. The maximum absolute atomic E-state index is 11.5. The van der Waals surface area contributed by atoms with E-state index in [0.717, 1.165) is 10.6 Å². The summed E-state index contributed by atoms with van der Waals surface area (Å²) in [6.07, 6.45) is 0. The maximum atomic E-state index is 11.5. The van der Waals surface area contributed by atoms with Gasteiger partial charge in [-0.15, -0.1) is 0 Å². The van der Waals surface area contributed by atoms with Crippen molar-refractivity contribution >= 4 is 22.7 Å². The molecule has 72 valence electrons. The molecule has 1 aromatic rings. The number of benzene rings is 1. The summed E-state index contributed by atoms with van der Waals surface area (Å²) in [6, 6.07) is 9.72. The Morgan fingerprint density at radius 3 is 2.79 bits per heavy atom. The fourth-order valence-corrected chi connectivity index (χ4v) is 2.18. The van der Waals surface area contributed by atoms with Crippen molar-refractivity contribution < 1.29 is 4.79 Å². The lowest BCUT2D eigenvalue weighted by Crippen LogP contribution is -2.28. The minimum atomic E-state index is -0.159. The first-order valence-electron chi connectivity index (χ1n) is 4.33. The smallest absolute Gasteiger partial charge is 0.258 e. The summed E-state index contributed by atoms with van der Waals surface area (Å²) >= 11 is 1.49. The monoisotopic (exact) mass is 206 g/mol. The van der Waals surface area contributed by atoms with Gasteiger partial charge in [0, 0.05) is 0 Å². The zero-order valence-corrected chi connectivity index (χ0v) is 8.54. The van der Waals surface area contributed by atoms with Crippen LogP contribution in [-0.4, -0.2) is 11.0 Å². The molecule has 14 heavy (non-hydrogen) atoms. The molecule has 1 amide bonds. The number of hydrogen-bond acceptors (Lipinski definition) is 3. The number of hydrogen-bond donors (Lipinski definition) is 1. The van der Waals surface area contributed by atoms with Gasteiger partial charge >= 0.3 is 0 Å². The van der Waals surface area contributed by atoms with E-state index in [9.17, 15) is 4.79 Å². The van der Waals surface area contributed by atoms with Crippen LogP contribution in [0.2, 0.25) is 0 Å². The van der Waals surface area contributed by atoms with Gasteiger partial charge in [0.1, 0.15) is 5.25 Å². The summed E-state index contributed by atoms with van der Waals surface area (Å²) in [5, 5.41) is 4.60. The van der Waals surface area contributed by atoms with E-state index in [2.05, 4.69) is 10.5 Å². The fraction of sp³-hybridized carbons (Fsp3) is 0.200. The van der Waals surface area contributed by atoms with E-state index < -0.39 is 0 Å². The van der Waals surface area contributed by atoms with E-state index >= 15 is 0 Å². The lowest BCUT2D eigenvalue weighted by molar-refractivity contribution is -0.120. The molecule has 0 bridgehead atoms. The summed E-state index contributed by atoms with van der Waals surface area (Å²) in [5.74, 6) is -0.0493. The summed E-state index contributed by atoms with van der Waals surface area (Å²) in [6.45, 7) is 1.89. The van der Waals surface area contributed by atoms with Crippen LogP contribution in [0, 0.1) is 0 Å². The number of rotatable bonds is 1. The Labute approximate surface area is 86.6 Å². The van der Waals surface area contributed by atoms with Gasteiger partial charge in [-0.05, 0) is 12.5 Å². The average molecular weight is 206 g/mol. The molecule has 0 saturated heterocycles. The van der Waals surface area contributed by atoms with Gasteiger partial charge in [0.05, 0.1) is 5.04 Å². The summed E-state index contributed by atoms with van der Waals surface area (Å²) in [5.41, 5.74) is 3.53. The Balaban J connectivity index is 2.27. The summed E-state index contributed by atoms with van der Waals surface area (Å²) in [7, 11) is 0. The van der Waals surface area contributed by atoms with Crippen molar-refractivity contribution in [3.05, 3.63) is 35.9 Å². The predicted octanol–water partition coefficient (Wildman–Crippen LogP) is 1.92. The van der Waals surface area contributed by atoms with Crippen molar-refractivity contribution in [2.75, 3.05) is 0 Å². The molecule has 0 fully saturated rings. The number of carbonyl (C=O) groups excluding carboxylic acids is 1. The first-order chi connectivity index (χ1) is 6.77. The highest BCUT2D eigenvalue weighted by atomic mass is 32.2. The van der Waals surface area contributed by atoms with Gasteiger partial charge in [0.25, 0.3) is 5.91 Å². The minimum Gasteiger partial charge on any atom is -0.271 e. The van der Waals surface area contributed by atoms with Crippen molar-refractivity contribution in [3.8, 4) is 0 Å². The second kappa shape index (κ2) is 3.84. The van der Waals surface area contributed by atoms with E-state index in [0.29, 0.717) is 0 Å². The van der Waals surface area contributed by atoms with Crippen molar-refractivity contribution in [2.45, 2.75) is 12.2 Å². The molecule has 1 unspecified atom stereocenters. The van der Waals surface area contributed by atoms with Crippen molar-refractivity contribution in [1.82, 2.24) is 5.43 Å². The minimum absolute atomic E-state index is 0.0493. The van der Waals surface area contributed by atoms with Gasteiger partial charge in [0.15, 0.2) is 0 Å². The predicted molar refractivity (Wildman–Crippen MR) is 58.0 cm³/mol. The fourth-order valence-electron chi connectivity index (χ4n) is 1.29. The van der Waals surface area contributed by atoms with E-state index in [-0.39, 0.29) is 11.2 Å². The van der Waals surface area contributed by atoms with Gasteiger partial charge in [-0.3, -0.25) is 4.79 Å². The van der Waals surface area contributed by atoms with E-state index in [1.807, 2.05) is 37.3 Å². The summed E-state index contributed by atoms with van der Waals surface area (Å²) < 4.78 is 0. The Bertz CT molecular complexity index is 375. The second-order valence-corrected chi connectivity index (χ2v) is 4.31. The van der Waals surface area contributed by atoms with Crippen molar-refractivity contribution in [2.24, 2.45) is 5.10 Å². The van der Waals surface area contributed by atoms with Crippen molar-refractivity contribution in [3.63, 3.8) is 0 Å². The van der Waals surface area contributed by atoms with Gasteiger partial charge < -0.3 is 0 Å². The first kappa shape index (κ1) is 9.27. The Kier molecular flexibility index (Phi) is 2.54. The molecule has 1 aliphatic heterocycles. The van der Waals surface area contributed by atoms with Gasteiger partial charge in [-0.2, -0.15) is 5.10 Å². The van der Waals surface area contributed by atoms with Crippen LogP contribution in [0.5, 0.6) is 0 Å². The van der Waals surface area contributed by atoms with Gasteiger partial charge in [-0.1, -0.05) is 42.1 Å².